The summed E-state index contributed by atoms with van der Waals surface area (Å²) in [5.41, 5.74) is 3.09. The summed E-state index contributed by atoms with van der Waals surface area (Å²) in [5.74, 6) is -0.182. The van der Waals surface area contributed by atoms with Crippen LogP contribution in [0.15, 0.2) is 30.3 Å². The molecule has 0 aromatic heterocycles. The summed E-state index contributed by atoms with van der Waals surface area (Å²) in [6.07, 6.45) is 0.254. The second-order valence-corrected chi connectivity index (χ2v) is 6.17. The largest absolute Gasteiger partial charge is 0.496 e. The highest BCUT2D eigenvalue weighted by atomic mass is 79.9. The zero-order chi connectivity index (χ0) is 15.6. The molecule has 0 aliphatic rings. The fourth-order valence-corrected chi connectivity index (χ4v) is 3.10. The van der Waals surface area contributed by atoms with E-state index in [-0.39, 0.29) is 16.8 Å². The Bertz CT molecular complexity index is 612. The first kappa shape index (κ1) is 16.0. The Morgan fingerprint density at radius 1 is 1.10 bits per heavy atom. The van der Waals surface area contributed by atoms with Gasteiger partial charge in [-0.2, -0.15) is 0 Å². The van der Waals surface area contributed by atoms with Crippen molar-refractivity contribution in [3.05, 3.63) is 64.2 Å². The van der Waals surface area contributed by atoms with E-state index in [1.54, 1.807) is 7.11 Å². The van der Waals surface area contributed by atoms with Gasteiger partial charge >= 0.3 is 0 Å². The van der Waals surface area contributed by atoms with Crippen LogP contribution < -0.4 is 4.74 Å². The van der Waals surface area contributed by atoms with Gasteiger partial charge < -0.3 is 4.74 Å². The third kappa shape index (κ3) is 3.43. The quantitative estimate of drug-likeness (QED) is 0.679. The van der Waals surface area contributed by atoms with Gasteiger partial charge in [0.05, 0.1) is 7.11 Å². The maximum Gasteiger partial charge on any atom is 0.129 e. The van der Waals surface area contributed by atoms with Crippen molar-refractivity contribution in [3.8, 4) is 5.75 Å². The van der Waals surface area contributed by atoms with Crippen LogP contribution >= 0.6 is 15.9 Å². The average molecular weight is 355 g/mol. The highest BCUT2D eigenvalue weighted by molar-refractivity contribution is 9.09. The number of methoxy groups -OCH3 is 1. The molecular weight excluding hydrogens is 338 g/mol. The maximum atomic E-state index is 13.7. The Morgan fingerprint density at radius 2 is 1.62 bits per heavy atom. The topological polar surface area (TPSA) is 9.23 Å². The van der Waals surface area contributed by atoms with Crippen LogP contribution in [0.25, 0.3) is 0 Å². The normalized spacial score (nSPS) is 12.3. The second-order valence-electron chi connectivity index (χ2n) is 5.06. The predicted octanol–water partition coefficient (Wildman–Crippen LogP) is 5.27. The van der Waals surface area contributed by atoms with Crippen LogP contribution in [0.2, 0.25) is 0 Å². The van der Waals surface area contributed by atoms with Crippen LogP contribution in [0.1, 0.15) is 27.1 Å². The van der Waals surface area contributed by atoms with E-state index in [1.807, 2.05) is 26.0 Å². The van der Waals surface area contributed by atoms with E-state index >= 15 is 0 Å². The Morgan fingerprint density at radius 3 is 2.10 bits per heavy atom. The molecule has 0 amide bonds. The molecule has 0 spiro atoms. The van der Waals surface area contributed by atoms with Gasteiger partial charge in [-0.15, -0.1) is 0 Å². The van der Waals surface area contributed by atoms with Gasteiger partial charge in [0.2, 0.25) is 0 Å². The van der Waals surface area contributed by atoms with Crippen LogP contribution in [0.4, 0.5) is 8.78 Å². The molecule has 21 heavy (non-hydrogen) atoms. The van der Waals surface area contributed by atoms with Crippen LogP contribution in [-0.2, 0) is 6.42 Å². The molecule has 0 saturated carbocycles. The molecular formula is C17H17BrF2O. The summed E-state index contributed by atoms with van der Waals surface area (Å²) >= 11 is 3.53. The number of hydrogen-bond donors (Lipinski definition) is 0. The van der Waals surface area contributed by atoms with Crippen molar-refractivity contribution in [2.24, 2.45) is 0 Å². The van der Waals surface area contributed by atoms with Gasteiger partial charge in [-0.05, 0) is 49.1 Å². The summed E-state index contributed by atoms with van der Waals surface area (Å²) in [4.78, 5) is -0.160. The fourth-order valence-electron chi connectivity index (χ4n) is 2.51. The van der Waals surface area contributed by atoms with Crippen molar-refractivity contribution in [1.82, 2.24) is 0 Å². The molecule has 0 aliphatic heterocycles. The number of benzene rings is 2. The average Bonchev–Trinajstić information content (AvgIpc) is 2.42. The van der Waals surface area contributed by atoms with Crippen molar-refractivity contribution in [1.29, 1.82) is 0 Å². The molecule has 2 aromatic carbocycles. The first-order chi connectivity index (χ1) is 9.93. The Balaban J connectivity index is 2.31. The van der Waals surface area contributed by atoms with Crippen LogP contribution in [0.3, 0.4) is 0 Å². The molecule has 0 fully saturated rings. The van der Waals surface area contributed by atoms with Gasteiger partial charge in [0.25, 0.3) is 0 Å². The molecule has 0 heterocycles. The van der Waals surface area contributed by atoms with E-state index in [4.69, 9.17) is 4.74 Å². The molecule has 1 atom stereocenters. The SMILES string of the molecule is COc1c(C)cc(C(Br)Cc2c(F)cccc2F)cc1C. The molecule has 0 aliphatic carbocycles. The molecule has 0 bridgehead atoms. The highest BCUT2D eigenvalue weighted by Gasteiger charge is 2.17. The minimum atomic E-state index is -0.513. The second kappa shape index (κ2) is 6.56. The first-order valence-electron chi connectivity index (χ1n) is 6.66. The van der Waals surface area contributed by atoms with Crippen molar-refractivity contribution < 1.29 is 13.5 Å². The molecule has 0 radical (unpaired) electrons. The molecule has 112 valence electrons. The number of rotatable bonds is 4. The van der Waals surface area contributed by atoms with E-state index in [9.17, 15) is 8.78 Å². The number of aryl methyl sites for hydroxylation is 2. The molecule has 0 saturated heterocycles. The summed E-state index contributed by atoms with van der Waals surface area (Å²) in [6.45, 7) is 3.91. The fraction of sp³-hybridized carbons (Fsp3) is 0.294. The van der Waals surface area contributed by atoms with Crippen molar-refractivity contribution in [2.75, 3.05) is 7.11 Å². The van der Waals surface area contributed by atoms with Gasteiger partial charge in [0.15, 0.2) is 0 Å². The van der Waals surface area contributed by atoms with Crippen LogP contribution in [0.5, 0.6) is 5.75 Å². The third-order valence-electron chi connectivity index (χ3n) is 3.49. The lowest BCUT2D eigenvalue weighted by Crippen LogP contribution is -2.03. The lowest BCUT2D eigenvalue weighted by atomic mass is 9.99. The molecule has 4 heteroatoms. The van der Waals surface area contributed by atoms with Gasteiger partial charge in [-0.25, -0.2) is 8.78 Å². The zero-order valence-corrected chi connectivity index (χ0v) is 13.8. The summed E-state index contributed by atoms with van der Waals surface area (Å²) in [6, 6.07) is 7.89. The van der Waals surface area contributed by atoms with Gasteiger partial charge in [0.1, 0.15) is 17.4 Å². The van der Waals surface area contributed by atoms with Crippen LogP contribution in [-0.4, -0.2) is 7.11 Å². The number of hydrogen-bond acceptors (Lipinski definition) is 1. The monoisotopic (exact) mass is 354 g/mol. The molecule has 2 aromatic rings. The van der Waals surface area contributed by atoms with Gasteiger partial charge in [-0.3, -0.25) is 0 Å². The van der Waals surface area contributed by atoms with Crippen molar-refractivity contribution in [3.63, 3.8) is 0 Å². The molecule has 1 nitrogen and oxygen atoms in total. The lowest BCUT2D eigenvalue weighted by molar-refractivity contribution is 0.408. The highest BCUT2D eigenvalue weighted by Crippen LogP contribution is 2.33. The Kier molecular flexibility index (Phi) is 4.99. The smallest absolute Gasteiger partial charge is 0.129 e. The van der Waals surface area contributed by atoms with E-state index in [0.717, 1.165) is 22.4 Å². The van der Waals surface area contributed by atoms with Crippen LogP contribution in [0, 0.1) is 25.5 Å². The van der Waals surface area contributed by atoms with Crippen molar-refractivity contribution in [2.45, 2.75) is 25.1 Å². The van der Waals surface area contributed by atoms with E-state index in [2.05, 4.69) is 15.9 Å². The summed E-state index contributed by atoms with van der Waals surface area (Å²) in [7, 11) is 1.63. The van der Waals surface area contributed by atoms with E-state index in [1.165, 1.54) is 18.2 Å². The third-order valence-corrected chi connectivity index (χ3v) is 4.35. The summed E-state index contributed by atoms with van der Waals surface area (Å²) < 4.78 is 32.8. The summed E-state index contributed by atoms with van der Waals surface area (Å²) in [5, 5.41) is 0. The minimum Gasteiger partial charge on any atom is -0.496 e. The van der Waals surface area contributed by atoms with E-state index < -0.39 is 11.6 Å². The molecule has 1 unspecified atom stereocenters. The standard InChI is InChI=1S/C17H17BrF2O/c1-10-7-12(8-11(2)17(10)21-3)14(18)9-13-15(19)5-4-6-16(13)20/h4-8,14H,9H2,1-3H3. The van der Waals surface area contributed by atoms with Gasteiger partial charge in [-0.1, -0.05) is 34.1 Å². The Hall–Kier alpha value is -1.42. The zero-order valence-electron chi connectivity index (χ0n) is 12.2. The molecule has 2 rings (SSSR count). The Labute approximate surface area is 132 Å². The lowest BCUT2D eigenvalue weighted by Gasteiger charge is -2.16. The maximum absolute atomic E-state index is 13.7. The minimum absolute atomic E-state index is 0.102. The molecule has 0 N–H and O–H groups in total. The number of halogens is 3. The number of ether oxygens (including phenoxy) is 1. The number of alkyl halides is 1. The van der Waals surface area contributed by atoms with Gasteiger partial charge in [0, 0.05) is 10.4 Å². The first-order valence-corrected chi connectivity index (χ1v) is 7.57. The van der Waals surface area contributed by atoms with E-state index in [0.29, 0.717) is 0 Å². The van der Waals surface area contributed by atoms with Crippen molar-refractivity contribution >= 4 is 15.9 Å². The predicted molar refractivity (Wildman–Crippen MR) is 84.2 cm³/mol.